The Bertz CT molecular complexity index is 291. The second-order valence-electron chi connectivity index (χ2n) is 3.62. The van der Waals surface area contributed by atoms with E-state index in [1.807, 2.05) is 5.38 Å². The number of nitrogens with zero attached hydrogens (tertiary/aromatic N) is 1. The van der Waals surface area contributed by atoms with Crippen LogP contribution in [0.4, 0.5) is 0 Å². The molecule has 0 saturated carbocycles. The molecule has 72 valence electrons. The van der Waals surface area contributed by atoms with Crippen LogP contribution in [0.1, 0.15) is 42.7 Å². The van der Waals surface area contributed by atoms with Crippen LogP contribution in [-0.4, -0.2) is 10.8 Å². The van der Waals surface area contributed by atoms with Crippen LogP contribution in [0.15, 0.2) is 5.38 Å². The van der Waals surface area contributed by atoms with Crippen molar-refractivity contribution in [2.75, 3.05) is 0 Å². The maximum Gasteiger partial charge on any atom is 0.178 e. The molecular weight excluding hydrogens is 182 g/mol. The topological polar surface area (TPSA) is 30.0 Å². The van der Waals surface area contributed by atoms with E-state index in [-0.39, 0.29) is 5.78 Å². The SMILES string of the molecule is CC(=O)c1csc(CCC(C)C)n1. The van der Waals surface area contributed by atoms with Crippen molar-refractivity contribution in [2.45, 2.75) is 33.6 Å². The predicted octanol–water partition coefficient (Wildman–Crippen LogP) is 2.93. The van der Waals surface area contributed by atoms with Crippen molar-refractivity contribution in [1.82, 2.24) is 4.98 Å². The largest absolute Gasteiger partial charge is 0.293 e. The Hall–Kier alpha value is -0.700. The fourth-order valence-electron chi connectivity index (χ4n) is 1.000. The van der Waals surface area contributed by atoms with E-state index < -0.39 is 0 Å². The van der Waals surface area contributed by atoms with Gasteiger partial charge in [0.25, 0.3) is 0 Å². The zero-order valence-electron chi connectivity index (χ0n) is 8.33. The Balaban J connectivity index is 2.54. The summed E-state index contributed by atoms with van der Waals surface area (Å²) >= 11 is 1.59. The number of ketones is 1. The maximum absolute atomic E-state index is 10.9. The predicted molar refractivity (Wildman–Crippen MR) is 55.3 cm³/mol. The molecule has 3 heteroatoms. The molecule has 0 aromatic carbocycles. The van der Waals surface area contributed by atoms with Gasteiger partial charge in [0.2, 0.25) is 0 Å². The molecule has 1 aromatic rings. The molecule has 0 radical (unpaired) electrons. The number of aromatic nitrogens is 1. The molecule has 0 aliphatic heterocycles. The van der Waals surface area contributed by atoms with Crippen molar-refractivity contribution in [1.29, 1.82) is 0 Å². The highest BCUT2D eigenvalue weighted by Crippen LogP contribution is 2.14. The zero-order chi connectivity index (χ0) is 9.84. The quantitative estimate of drug-likeness (QED) is 0.695. The first-order chi connectivity index (χ1) is 6.09. The average molecular weight is 197 g/mol. The number of rotatable bonds is 4. The number of carbonyl (C=O) groups excluding carboxylic acids is 1. The van der Waals surface area contributed by atoms with Gasteiger partial charge in [-0.3, -0.25) is 4.79 Å². The summed E-state index contributed by atoms with van der Waals surface area (Å²) in [5.41, 5.74) is 0.615. The summed E-state index contributed by atoms with van der Waals surface area (Å²) in [7, 11) is 0. The zero-order valence-corrected chi connectivity index (χ0v) is 9.15. The molecule has 1 aromatic heterocycles. The van der Waals surface area contributed by atoms with Gasteiger partial charge in [-0.1, -0.05) is 13.8 Å². The summed E-state index contributed by atoms with van der Waals surface area (Å²) in [6.45, 7) is 5.94. The van der Waals surface area contributed by atoms with Gasteiger partial charge in [-0.2, -0.15) is 0 Å². The molecule has 0 aliphatic rings. The monoisotopic (exact) mass is 197 g/mol. The van der Waals surface area contributed by atoms with E-state index in [9.17, 15) is 4.79 Å². The van der Waals surface area contributed by atoms with E-state index in [4.69, 9.17) is 0 Å². The molecule has 1 heterocycles. The van der Waals surface area contributed by atoms with Crippen molar-refractivity contribution in [3.05, 3.63) is 16.1 Å². The third-order valence-corrected chi connectivity index (χ3v) is 2.76. The standard InChI is InChI=1S/C10H15NOS/c1-7(2)4-5-10-11-9(6-13-10)8(3)12/h6-7H,4-5H2,1-3H3. The van der Waals surface area contributed by atoms with E-state index in [0.29, 0.717) is 11.6 Å². The molecule has 0 unspecified atom stereocenters. The minimum Gasteiger partial charge on any atom is -0.293 e. The number of aryl methyl sites for hydroxylation is 1. The summed E-state index contributed by atoms with van der Waals surface area (Å²) in [4.78, 5) is 15.2. The molecule has 1 rings (SSSR count). The first kappa shape index (κ1) is 10.4. The first-order valence-corrected chi connectivity index (χ1v) is 5.43. The maximum atomic E-state index is 10.9. The minimum atomic E-state index is 0.0621. The summed E-state index contributed by atoms with van der Waals surface area (Å²) in [5, 5.41) is 2.93. The van der Waals surface area contributed by atoms with E-state index in [0.717, 1.165) is 17.8 Å². The van der Waals surface area contributed by atoms with Crippen molar-refractivity contribution in [3.63, 3.8) is 0 Å². The van der Waals surface area contributed by atoms with Crippen LogP contribution < -0.4 is 0 Å². The van der Waals surface area contributed by atoms with E-state index in [1.54, 1.807) is 18.3 Å². The highest BCUT2D eigenvalue weighted by atomic mass is 32.1. The summed E-state index contributed by atoms with van der Waals surface area (Å²) in [6, 6.07) is 0. The summed E-state index contributed by atoms with van der Waals surface area (Å²) in [6.07, 6.45) is 2.14. The number of hydrogen-bond donors (Lipinski definition) is 0. The lowest BCUT2D eigenvalue weighted by Crippen LogP contribution is -1.95. The smallest absolute Gasteiger partial charge is 0.178 e. The van der Waals surface area contributed by atoms with Crippen molar-refractivity contribution in [3.8, 4) is 0 Å². The lowest BCUT2D eigenvalue weighted by atomic mass is 10.1. The Kier molecular flexibility index (Phi) is 3.60. The number of Topliss-reactive ketones (excluding diaryl/α,β-unsaturated/α-hetero) is 1. The van der Waals surface area contributed by atoms with Crippen LogP contribution in [0, 0.1) is 5.92 Å². The Morgan fingerprint density at radius 3 is 2.77 bits per heavy atom. The third-order valence-electron chi connectivity index (χ3n) is 1.85. The first-order valence-electron chi connectivity index (χ1n) is 4.55. The fourth-order valence-corrected chi connectivity index (χ4v) is 1.85. The van der Waals surface area contributed by atoms with Gasteiger partial charge in [0.05, 0.1) is 5.01 Å². The number of hydrogen-bond acceptors (Lipinski definition) is 3. The summed E-state index contributed by atoms with van der Waals surface area (Å²) < 4.78 is 0. The second kappa shape index (κ2) is 4.51. The van der Waals surface area contributed by atoms with Gasteiger partial charge < -0.3 is 0 Å². The van der Waals surface area contributed by atoms with Gasteiger partial charge in [-0.15, -0.1) is 11.3 Å². The number of carbonyl (C=O) groups is 1. The van der Waals surface area contributed by atoms with Gasteiger partial charge in [-0.25, -0.2) is 4.98 Å². The second-order valence-corrected chi connectivity index (χ2v) is 4.56. The van der Waals surface area contributed by atoms with Crippen LogP contribution in [0.5, 0.6) is 0 Å². The van der Waals surface area contributed by atoms with Crippen LogP contribution >= 0.6 is 11.3 Å². The number of thiazole rings is 1. The van der Waals surface area contributed by atoms with Gasteiger partial charge in [-0.05, 0) is 18.8 Å². The fraction of sp³-hybridized carbons (Fsp3) is 0.600. The van der Waals surface area contributed by atoms with E-state index in [2.05, 4.69) is 18.8 Å². The highest BCUT2D eigenvalue weighted by molar-refractivity contribution is 7.09. The Morgan fingerprint density at radius 1 is 1.62 bits per heavy atom. The van der Waals surface area contributed by atoms with E-state index in [1.165, 1.54) is 0 Å². The molecule has 0 spiro atoms. The molecule has 0 saturated heterocycles. The molecule has 0 aliphatic carbocycles. The molecule has 13 heavy (non-hydrogen) atoms. The van der Waals surface area contributed by atoms with Gasteiger partial charge in [0.15, 0.2) is 5.78 Å². The molecule has 0 amide bonds. The van der Waals surface area contributed by atoms with Gasteiger partial charge >= 0.3 is 0 Å². The lowest BCUT2D eigenvalue weighted by Gasteiger charge is -1.99. The summed E-state index contributed by atoms with van der Waals surface area (Å²) in [5.74, 6) is 0.761. The molecular formula is C10H15NOS. The Morgan fingerprint density at radius 2 is 2.31 bits per heavy atom. The molecule has 0 N–H and O–H groups in total. The van der Waals surface area contributed by atoms with Crippen molar-refractivity contribution in [2.24, 2.45) is 5.92 Å². The minimum absolute atomic E-state index is 0.0621. The highest BCUT2D eigenvalue weighted by Gasteiger charge is 2.06. The third kappa shape index (κ3) is 3.27. The van der Waals surface area contributed by atoms with Crippen molar-refractivity contribution < 1.29 is 4.79 Å². The molecule has 0 fully saturated rings. The van der Waals surface area contributed by atoms with Crippen LogP contribution in [0.3, 0.4) is 0 Å². The van der Waals surface area contributed by atoms with Crippen LogP contribution in [0.2, 0.25) is 0 Å². The van der Waals surface area contributed by atoms with E-state index >= 15 is 0 Å². The van der Waals surface area contributed by atoms with Crippen LogP contribution in [0.25, 0.3) is 0 Å². The lowest BCUT2D eigenvalue weighted by molar-refractivity contribution is 0.101. The molecule has 0 bridgehead atoms. The van der Waals surface area contributed by atoms with Gasteiger partial charge in [0, 0.05) is 12.3 Å². The molecule has 0 atom stereocenters. The normalized spacial score (nSPS) is 10.8. The van der Waals surface area contributed by atoms with Gasteiger partial charge in [0.1, 0.15) is 5.69 Å². The Labute approximate surface area is 83.0 Å². The molecule has 2 nitrogen and oxygen atoms in total. The van der Waals surface area contributed by atoms with Crippen molar-refractivity contribution >= 4 is 17.1 Å². The average Bonchev–Trinajstić information content (AvgIpc) is 2.48. The van der Waals surface area contributed by atoms with Crippen LogP contribution in [-0.2, 0) is 6.42 Å².